The van der Waals surface area contributed by atoms with Gasteiger partial charge in [0, 0.05) is 17.5 Å². The fourth-order valence-corrected chi connectivity index (χ4v) is 5.85. The second-order valence-corrected chi connectivity index (χ2v) is 9.63. The number of thioether (sulfide) groups is 1. The standard InChI is InChI=1S/C21H15ClN2O2S3/c1-2-10-24-20(26)18-14(13-6-4-3-5-7-13)11-27-19(18)23-21(24)28-12-15(25)16-8-9-17(22)29-16/h2-9,11H,1,10,12H2. The zero-order valence-corrected chi connectivity index (χ0v) is 18.3. The van der Waals surface area contributed by atoms with Crippen molar-refractivity contribution in [2.24, 2.45) is 0 Å². The van der Waals surface area contributed by atoms with Crippen LogP contribution in [0.3, 0.4) is 0 Å². The lowest BCUT2D eigenvalue weighted by Gasteiger charge is -2.10. The van der Waals surface area contributed by atoms with Crippen LogP contribution in [0.1, 0.15) is 9.67 Å². The Bertz CT molecular complexity index is 1260. The second kappa shape index (κ2) is 8.67. The molecule has 0 atom stereocenters. The van der Waals surface area contributed by atoms with Gasteiger partial charge < -0.3 is 0 Å². The minimum Gasteiger partial charge on any atom is -0.292 e. The maximum Gasteiger partial charge on any atom is 0.263 e. The van der Waals surface area contributed by atoms with E-state index in [-0.39, 0.29) is 17.1 Å². The zero-order chi connectivity index (χ0) is 20.4. The van der Waals surface area contributed by atoms with Crippen LogP contribution in [0, 0.1) is 0 Å². The van der Waals surface area contributed by atoms with Gasteiger partial charge in [-0.1, -0.05) is 59.8 Å². The van der Waals surface area contributed by atoms with Crippen molar-refractivity contribution < 1.29 is 4.79 Å². The Balaban J connectivity index is 1.73. The molecule has 0 N–H and O–H groups in total. The topological polar surface area (TPSA) is 52.0 Å². The van der Waals surface area contributed by atoms with Gasteiger partial charge in [0.25, 0.3) is 5.56 Å². The van der Waals surface area contributed by atoms with Crippen LogP contribution in [0.2, 0.25) is 4.34 Å². The summed E-state index contributed by atoms with van der Waals surface area (Å²) in [6.07, 6.45) is 1.66. The van der Waals surface area contributed by atoms with E-state index >= 15 is 0 Å². The molecule has 0 aliphatic carbocycles. The SMILES string of the molecule is C=CCn1c(SCC(=O)c2ccc(Cl)s2)nc2scc(-c3ccccc3)c2c1=O. The fourth-order valence-electron chi connectivity index (χ4n) is 2.90. The van der Waals surface area contributed by atoms with Crippen LogP contribution >= 0.6 is 46.0 Å². The molecule has 0 aliphatic rings. The number of aromatic nitrogens is 2. The summed E-state index contributed by atoms with van der Waals surface area (Å²) in [7, 11) is 0. The number of carbonyl (C=O) groups excluding carboxylic acids is 1. The Morgan fingerprint density at radius 2 is 2.03 bits per heavy atom. The molecule has 0 saturated carbocycles. The molecule has 3 heterocycles. The molecular formula is C21H15ClN2O2S3. The molecule has 0 saturated heterocycles. The average Bonchev–Trinajstić information content (AvgIpc) is 3.36. The molecular weight excluding hydrogens is 444 g/mol. The van der Waals surface area contributed by atoms with Crippen molar-refractivity contribution in [1.82, 2.24) is 9.55 Å². The lowest BCUT2D eigenvalue weighted by molar-refractivity contribution is 0.102. The van der Waals surface area contributed by atoms with E-state index < -0.39 is 0 Å². The molecule has 0 spiro atoms. The summed E-state index contributed by atoms with van der Waals surface area (Å²) < 4.78 is 2.15. The summed E-state index contributed by atoms with van der Waals surface area (Å²) in [6, 6.07) is 13.2. The number of rotatable bonds is 7. The van der Waals surface area contributed by atoms with Crippen molar-refractivity contribution >= 4 is 62.0 Å². The molecule has 0 bridgehead atoms. The first-order chi connectivity index (χ1) is 14.1. The Labute approximate surface area is 184 Å². The van der Waals surface area contributed by atoms with E-state index in [1.54, 1.807) is 22.8 Å². The highest BCUT2D eigenvalue weighted by Gasteiger charge is 2.18. The van der Waals surface area contributed by atoms with E-state index in [1.807, 2.05) is 35.7 Å². The first-order valence-electron chi connectivity index (χ1n) is 8.68. The molecule has 4 nitrogen and oxygen atoms in total. The van der Waals surface area contributed by atoms with Crippen LogP contribution in [-0.2, 0) is 6.54 Å². The maximum absolute atomic E-state index is 13.3. The van der Waals surface area contributed by atoms with E-state index in [2.05, 4.69) is 6.58 Å². The molecule has 0 radical (unpaired) electrons. The summed E-state index contributed by atoms with van der Waals surface area (Å²) in [4.78, 5) is 31.7. The number of allylic oxidation sites excluding steroid dienone is 1. The van der Waals surface area contributed by atoms with Crippen LogP contribution in [0.5, 0.6) is 0 Å². The van der Waals surface area contributed by atoms with Crippen molar-refractivity contribution in [2.45, 2.75) is 11.7 Å². The van der Waals surface area contributed by atoms with Gasteiger partial charge in [-0.25, -0.2) is 4.98 Å². The van der Waals surface area contributed by atoms with Crippen molar-refractivity contribution in [3.63, 3.8) is 0 Å². The number of fused-ring (bicyclic) bond motifs is 1. The lowest BCUT2D eigenvalue weighted by atomic mass is 10.1. The van der Waals surface area contributed by atoms with E-state index in [1.165, 1.54) is 34.4 Å². The number of halogens is 1. The first-order valence-corrected chi connectivity index (χ1v) is 11.7. The van der Waals surface area contributed by atoms with E-state index in [9.17, 15) is 9.59 Å². The number of hydrogen-bond acceptors (Lipinski definition) is 6. The van der Waals surface area contributed by atoms with Gasteiger partial charge in [-0.3, -0.25) is 14.2 Å². The molecule has 8 heteroatoms. The molecule has 1 aromatic carbocycles. The fraction of sp³-hybridized carbons (Fsp3) is 0.0952. The number of nitrogens with zero attached hydrogens (tertiary/aromatic N) is 2. The van der Waals surface area contributed by atoms with Crippen LogP contribution < -0.4 is 5.56 Å². The van der Waals surface area contributed by atoms with Gasteiger partial charge in [0.05, 0.1) is 20.4 Å². The van der Waals surface area contributed by atoms with Gasteiger partial charge in [0.2, 0.25) is 0 Å². The molecule has 146 valence electrons. The molecule has 29 heavy (non-hydrogen) atoms. The Morgan fingerprint density at radius 1 is 1.24 bits per heavy atom. The maximum atomic E-state index is 13.3. The normalized spacial score (nSPS) is 11.1. The minimum atomic E-state index is -0.121. The van der Waals surface area contributed by atoms with Gasteiger partial charge in [-0.05, 0) is 17.7 Å². The van der Waals surface area contributed by atoms with Crippen LogP contribution in [0.15, 0.2) is 70.5 Å². The van der Waals surface area contributed by atoms with Crippen molar-refractivity contribution in [1.29, 1.82) is 0 Å². The van der Waals surface area contributed by atoms with Crippen LogP contribution in [0.4, 0.5) is 0 Å². The number of ketones is 1. The summed E-state index contributed by atoms with van der Waals surface area (Å²) in [5.74, 6) is 0.144. The van der Waals surface area contributed by atoms with Gasteiger partial charge in [0.1, 0.15) is 4.83 Å². The van der Waals surface area contributed by atoms with Gasteiger partial charge in [-0.2, -0.15) is 0 Å². The Hall–Kier alpha value is -2.19. The quantitative estimate of drug-likeness (QED) is 0.147. The first kappa shape index (κ1) is 20.1. The summed E-state index contributed by atoms with van der Waals surface area (Å²) in [6.45, 7) is 4.08. The predicted molar refractivity (Wildman–Crippen MR) is 124 cm³/mol. The highest BCUT2D eigenvalue weighted by Crippen LogP contribution is 2.32. The van der Waals surface area contributed by atoms with Crippen LogP contribution in [0.25, 0.3) is 21.3 Å². The van der Waals surface area contributed by atoms with Gasteiger partial charge in [0.15, 0.2) is 10.9 Å². The van der Waals surface area contributed by atoms with Crippen molar-refractivity contribution in [2.75, 3.05) is 5.75 Å². The monoisotopic (exact) mass is 458 g/mol. The smallest absolute Gasteiger partial charge is 0.263 e. The molecule has 4 rings (SSSR count). The van der Waals surface area contributed by atoms with Crippen LogP contribution in [-0.4, -0.2) is 21.1 Å². The van der Waals surface area contributed by atoms with Crippen molar-refractivity contribution in [3.8, 4) is 11.1 Å². The third kappa shape index (κ3) is 4.09. The Kier molecular flexibility index (Phi) is 6.01. The van der Waals surface area contributed by atoms with Gasteiger partial charge in [-0.15, -0.1) is 29.3 Å². The molecule has 3 aromatic heterocycles. The lowest BCUT2D eigenvalue weighted by Crippen LogP contribution is -2.23. The summed E-state index contributed by atoms with van der Waals surface area (Å²) >= 11 is 9.86. The summed E-state index contributed by atoms with van der Waals surface area (Å²) in [5, 5.41) is 3.07. The molecule has 0 amide bonds. The largest absolute Gasteiger partial charge is 0.292 e. The molecule has 0 aliphatic heterocycles. The highest BCUT2D eigenvalue weighted by molar-refractivity contribution is 7.99. The highest BCUT2D eigenvalue weighted by atomic mass is 35.5. The van der Waals surface area contributed by atoms with Gasteiger partial charge >= 0.3 is 0 Å². The van der Waals surface area contributed by atoms with E-state index in [0.29, 0.717) is 31.1 Å². The zero-order valence-electron chi connectivity index (χ0n) is 15.1. The van der Waals surface area contributed by atoms with Crippen molar-refractivity contribution in [3.05, 3.63) is 80.1 Å². The Morgan fingerprint density at radius 3 is 2.72 bits per heavy atom. The number of hydrogen-bond donors (Lipinski definition) is 0. The number of thiophene rings is 2. The number of benzene rings is 1. The predicted octanol–water partition coefficient (Wildman–Crippen LogP) is 6.00. The molecule has 4 aromatic rings. The number of carbonyl (C=O) groups is 1. The molecule has 0 unspecified atom stereocenters. The molecule has 0 fully saturated rings. The van der Waals surface area contributed by atoms with E-state index in [0.717, 1.165) is 11.1 Å². The number of Topliss-reactive ketones (excluding diaryl/α,β-unsaturated/α-hetero) is 1. The third-order valence-electron chi connectivity index (χ3n) is 4.24. The average molecular weight is 459 g/mol. The summed E-state index contributed by atoms with van der Waals surface area (Å²) in [5.41, 5.74) is 1.74. The third-order valence-corrected chi connectivity index (χ3v) is 7.36. The second-order valence-electron chi connectivity index (χ2n) is 6.11. The van der Waals surface area contributed by atoms with E-state index in [4.69, 9.17) is 16.6 Å². The minimum absolute atomic E-state index is 0.0393.